The van der Waals surface area contributed by atoms with Crippen LogP contribution in [-0.4, -0.2) is 24.1 Å². The van der Waals surface area contributed by atoms with Crippen molar-refractivity contribution in [2.45, 2.75) is 19.9 Å². The normalized spacial score (nSPS) is 10.4. The molecule has 1 amide bonds. The van der Waals surface area contributed by atoms with Gasteiger partial charge in [0.25, 0.3) is 5.91 Å². The van der Waals surface area contributed by atoms with Crippen molar-refractivity contribution in [3.05, 3.63) is 51.4 Å². The summed E-state index contributed by atoms with van der Waals surface area (Å²) in [5, 5.41) is 11.8. The number of carbonyl (C=O) groups excluding carboxylic acids is 1. The molecule has 2 rings (SSSR count). The van der Waals surface area contributed by atoms with Crippen LogP contribution in [0.25, 0.3) is 0 Å². The molecule has 0 saturated heterocycles. The first-order valence-electron chi connectivity index (χ1n) is 6.92. The van der Waals surface area contributed by atoms with Crippen LogP contribution in [0.4, 0.5) is 0 Å². The first-order chi connectivity index (χ1) is 11.0. The molecule has 0 atom stereocenters. The molecule has 0 saturated carbocycles. The second kappa shape index (κ2) is 7.32. The fourth-order valence-electron chi connectivity index (χ4n) is 2.07. The highest BCUT2D eigenvalue weighted by molar-refractivity contribution is 9.10. The lowest BCUT2D eigenvalue weighted by molar-refractivity contribution is 0.0694. The van der Waals surface area contributed by atoms with Crippen LogP contribution >= 0.6 is 15.9 Å². The number of carboxylic acids is 1. The fraction of sp³-hybridized carbons (Fsp3) is 0.250. The summed E-state index contributed by atoms with van der Waals surface area (Å²) in [7, 11) is 1.57. The highest BCUT2D eigenvalue weighted by atomic mass is 79.9. The predicted octanol–water partition coefficient (Wildman–Crippen LogP) is 3.24. The van der Waals surface area contributed by atoms with E-state index < -0.39 is 11.9 Å². The van der Waals surface area contributed by atoms with Crippen LogP contribution in [-0.2, 0) is 13.0 Å². The van der Waals surface area contributed by atoms with Crippen LogP contribution in [0.3, 0.4) is 0 Å². The molecule has 2 aromatic rings. The minimum absolute atomic E-state index is 0.00757. The number of carbonyl (C=O) groups is 2. The number of carboxylic acid groups (broad SMARTS) is 1. The Morgan fingerprint density at radius 2 is 2.09 bits per heavy atom. The lowest BCUT2D eigenvalue weighted by atomic mass is 10.2. The molecule has 0 radical (unpaired) electrons. The second-order valence-electron chi connectivity index (χ2n) is 4.76. The molecule has 0 spiro atoms. The Bertz CT molecular complexity index is 738. The number of ether oxygens (including phenoxy) is 1. The molecule has 0 aliphatic carbocycles. The number of halogens is 1. The fourth-order valence-corrected chi connectivity index (χ4v) is 2.66. The monoisotopic (exact) mass is 381 g/mol. The summed E-state index contributed by atoms with van der Waals surface area (Å²) in [4.78, 5) is 23.2. The van der Waals surface area contributed by atoms with Crippen molar-refractivity contribution >= 4 is 27.8 Å². The summed E-state index contributed by atoms with van der Waals surface area (Å²) >= 11 is 3.38. The third kappa shape index (κ3) is 3.92. The number of hydrogen-bond acceptors (Lipinski definition) is 4. The van der Waals surface area contributed by atoms with Crippen molar-refractivity contribution < 1.29 is 23.8 Å². The molecule has 1 aromatic heterocycles. The van der Waals surface area contributed by atoms with Gasteiger partial charge in [-0.25, -0.2) is 4.79 Å². The van der Waals surface area contributed by atoms with Crippen molar-refractivity contribution in [3.63, 3.8) is 0 Å². The lowest BCUT2D eigenvalue weighted by Gasteiger charge is -2.07. The van der Waals surface area contributed by atoms with Crippen LogP contribution in [0.15, 0.2) is 33.2 Å². The molecule has 0 fully saturated rings. The Labute approximate surface area is 141 Å². The predicted molar refractivity (Wildman–Crippen MR) is 86.9 cm³/mol. The van der Waals surface area contributed by atoms with E-state index in [-0.39, 0.29) is 23.6 Å². The van der Waals surface area contributed by atoms with Gasteiger partial charge in [-0.1, -0.05) is 13.0 Å². The number of aryl methyl sites for hydroxylation is 1. The van der Waals surface area contributed by atoms with E-state index in [4.69, 9.17) is 14.3 Å². The number of methoxy groups -OCH3 is 1. The summed E-state index contributed by atoms with van der Waals surface area (Å²) in [5.74, 6) is -0.589. The molecule has 1 heterocycles. The van der Waals surface area contributed by atoms with Gasteiger partial charge in [-0.2, -0.15) is 0 Å². The average Bonchev–Trinajstić information content (AvgIpc) is 2.97. The largest absolute Gasteiger partial charge is 0.496 e. The number of furan rings is 1. The standard InChI is InChI=1S/C16H16BrNO5/c1-3-12-10(16(20)21)7-14(23-12)15(19)18-8-9-4-5-13(22-2)11(17)6-9/h4-7H,3,8H2,1-2H3,(H,18,19)(H,20,21). The SMILES string of the molecule is CCc1oc(C(=O)NCc2ccc(OC)c(Br)c2)cc1C(=O)O. The van der Waals surface area contributed by atoms with Gasteiger partial charge in [-0.3, -0.25) is 4.79 Å². The zero-order chi connectivity index (χ0) is 17.0. The first-order valence-corrected chi connectivity index (χ1v) is 7.72. The van der Waals surface area contributed by atoms with Gasteiger partial charge >= 0.3 is 5.97 Å². The Morgan fingerprint density at radius 1 is 1.35 bits per heavy atom. The molecule has 0 bridgehead atoms. The summed E-state index contributed by atoms with van der Waals surface area (Å²) in [6.45, 7) is 2.05. The van der Waals surface area contributed by atoms with Gasteiger partial charge < -0.3 is 19.6 Å². The maximum Gasteiger partial charge on any atom is 0.339 e. The van der Waals surface area contributed by atoms with Crippen molar-refractivity contribution in [3.8, 4) is 5.75 Å². The molecule has 2 N–H and O–H groups in total. The van der Waals surface area contributed by atoms with Crippen molar-refractivity contribution in [2.24, 2.45) is 0 Å². The number of aromatic carboxylic acids is 1. The van der Waals surface area contributed by atoms with Crippen molar-refractivity contribution in [1.29, 1.82) is 0 Å². The number of hydrogen-bond donors (Lipinski definition) is 2. The molecule has 0 aliphatic rings. The summed E-state index contributed by atoms with van der Waals surface area (Å²) in [6.07, 6.45) is 0.403. The Hall–Kier alpha value is -2.28. The third-order valence-electron chi connectivity index (χ3n) is 3.25. The van der Waals surface area contributed by atoms with Crippen molar-refractivity contribution in [1.82, 2.24) is 5.32 Å². The van der Waals surface area contributed by atoms with Gasteiger partial charge in [0.2, 0.25) is 0 Å². The van der Waals surface area contributed by atoms with E-state index in [0.29, 0.717) is 12.2 Å². The van der Waals surface area contributed by atoms with Gasteiger partial charge in [-0.05, 0) is 33.6 Å². The molecule has 122 valence electrons. The molecule has 7 heteroatoms. The Balaban J connectivity index is 2.08. The van der Waals surface area contributed by atoms with Crippen LogP contribution in [0.2, 0.25) is 0 Å². The smallest absolute Gasteiger partial charge is 0.339 e. The minimum atomic E-state index is -1.11. The minimum Gasteiger partial charge on any atom is -0.496 e. The Kier molecular flexibility index (Phi) is 5.44. The van der Waals surface area contributed by atoms with E-state index in [9.17, 15) is 9.59 Å². The summed E-state index contributed by atoms with van der Waals surface area (Å²) in [5.41, 5.74) is 0.886. The topological polar surface area (TPSA) is 88.8 Å². The van der Waals surface area contributed by atoms with E-state index in [2.05, 4.69) is 21.2 Å². The molecular weight excluding hydrogens is 366 g/mol. The van der Waals surface area contributed by atoms with Gasteiger partial charge in [0.1, 0.15) is 17.1 Å². The highest BCUT2D eigenvalue weighted by Crippen LogP contribution is 2.25. The lowest BCUT2D eigenvalue weighted by Crippen LogP contribution is -2.22. The van der Waals surface area contributed by atoms with Crippen molar-refractivity contribution in [2.75, 3.05) is 7.11 Å². The van der Waals surface area contributed by atoms with E-state index in [1.807, 2.05) is 12.1 Å². The van der Waals surface area contributed by atoms with Crippen LogP contribution in [0.1, 0.15) is 39.2 Å². The number of rotatable bonds is 6. The van der Waals surface area contributed by atoms with Gasteiger partial charge in [-0.15, -0.1) is 0 Å². The average molecular weight is 382 g/mol. The Morgan fingerprint density at radius 3 is 2.61 bits per heavy atom. The van der Waals surface area contributed by atoms with Gasteiger partial charge in [0, 0.05) is 19.0 Å². The highest BCUT2D eigenvalue weighted by Gasteiger charge is 2.19. The third-order valence-corrected chi connectivity index (χ3v) is 3.87. The molecule has 0 unspecified atom stereocenters. The summed E-state index contributed by atoms with van der Waals surface area (Å²) in [6, 6.07) is 6.70. The zero-order valence-corrected chi connectivity index (χ0v) is 14.3. The second-order valence-corrected chi connectivity index (χ2v) is 5.61. The maximum atomic E-state index is 12.1. The summed E-state index contributed by atoms with van der Waals surface area (Å²) < 4.78 is 11.2. The van der Waals surface area contributed by atoms with E-state index in [1.165, 1.54) is 6.07 Å². The molecular formula is C16H16BrNO5. The van der Waals surface area contributed by atoms with E-state index in [0.717, 1.165) is 10.0 Å². The van der Waals surface area contributed by atoms with Crippen LogP contribution in [0.5, 0.6) is 5.75 Å². The number of nitrogens with one attached hydrogen (secondary N) is 1. The first kappa shape index (κ1) is 17.1. The quantitative estimate of drug-likeness (QED) is 0.801. The molecule has 0 aliphatic heterocycles. The zero-order valence-electron chi connectivity index (χ0n) is 12.7. The van der Waals surface area contributed by atoms with Gasteiger partial charge in [0.05, 0.1) is 11.6 Å². The maximum absolute atomic E-state index is 12.1. The van der Waals surface area contributed by atoms with E-state index >= 15 is 0 Å². The number of benzene rings is 1. The van der Waals surface area contributed by atoms with Crippen LogP contribution < -0.4 is 10.1 Å². The number of amides is 1. The van der Waals surface area contributed by atoms with Gasteiger partial charge in [0.15, 0.2) is 5.76 Å². The van der Waals surface area contributed by atoms with Crippen LogP contribution in [0, 0.1) is 0 Å². The molecule has 6 nitrogen and oxygen atoms in total. The molecule has 23 heavy (non-hydrogen) atoms. The molecule has 1 aromatic carbocycles. The van der Waals surface area contributed by atoms with E-state index in [1.54, 1.807) is 20.1 Å².